The van der Waals surface area contributed by atoms with E-state index in [4.69, 9.17) is 0 Å². The Morgan fingerprint density at radius 3 is 2.38 bits per heavy atom. The van der Waals surface area contributed by atoms with Crippen LogP contribution in [0.15, 0.2) is 68.0 Å². The molecule has 5 nitrogen and oxygen atoms in total. The van der Waals surface area contributed by atoms with Gasteiger partial charge in [0, 0.05) is 5.39 Å². The van der Waals surface area contributed by atoms with Gasteiger partial charge in [-0.05, 0) is 24.3 Å². The zero-order valence-corrected chi connectivity index (χ0v) is 11.9. The first kappa shape index (κ1) is 15.7. The van der Waals surface area contributed by atoms with E-state index < -0.39 is 23.3 Å². The molecule has 0 unspecified atom stereocenters. The lowest BCUT2D eigenvalue weighted by Crippen LogP contribution is -2.03. The summed E-state index contributed by atoms with van der Waals surface area (Å²) in [4.78, 5) is 11.8. The molecule has 0 aliphatic carbocycles. The molecule has 0 saturated carbocycles. The molecule has 24 heavy (non-hydrogen) atoms. The normalized spacial score (nSPS) is 12.1. The van der Waals surface area contributed by atoms with Gasteiger partial charge in [0.15, 0.2) is 5.69 Å². The second kappa shape index (κ2) is 5.80. The number of hydrogen-bond acceptors (Lipinski definition) is 5. The molecule has 3 aromatic rings. The molecule has 0 fully saturated rings. The molecule has 0 saturated heterocycles. The van der Waals surface area contributed by atoms with Crippen molar-refractivity contribution in [1.29, 1.82) is 0 Å². The zero-order chi connectivity index (χ0) is 17.3. The van der Waals surface area contributed by atoms with E-state index in [2.05, 4.69) is 14.6 Å². The van der Waals surface area contributed by atoms with E-state index in [1.54, 1.807) is 12.1 Å². The van der Waals surface area contributed by atoms with Crippen molar-refractivity contribution in [1.82, 2.24) is 0 Å². The first-order chi connectivity index (χ1) is 11.4. The van der Waals surface area contributed by atoms with Crippen molar-refractivity contribution in [3.05, 3.63) is 64.5 Å². The Labute approximate surface area is 132 Å². The van der Waals surface area contributed by atoms with Gasteiger partial charge < -0.3 is 9.52 Å². The lowest BCUT2D eigenvalue weighted by Gasteiger charge is -2.06. The molecule has 122 valence electrons. The number of halogens is 3. The summed E-state index contributed by atoms with van der Waals surface area (Å²) in [6.45, 7) is 0. The molecule has 0 aliphatic rings. The molecule has 1 aromatic heterocycles. The van der Waals surface area contributed by atoms with E-state index in [-0.39, 0.29) is 22.1 Å². The van der Waals surface area contributed by atoms with E-state index in [0.717, 1.165) is 12.1 Å². The van der Waals surface area contributed by atoms with Crippen LogP contribution in [-0.2, 0) is 6.18 Å². The maximum atomic E-state index is 12.7. The van der Waals surface area contributed by atoms with Crippen molar-refractivity contribution in [3.8, 4) is 5.95 Å². The Bertz CT molecular complexity index is 994. The van der Waals surface area contributed by atoms with Gasteiger partial charge in [0.25, 0.3) is 5.95 Å². The molecule has 0 bridgehead atoms. The number of rotatable bonds is 2. The minimum Gasteiger partial charge on any atom is -0.480 e. The Hall–Kier alpha value is -3.16. The second-order valence-corrected chi connectivity index (χ2v) is 4.84. The maximum Gasteiger partial charge on any atom is 0.416 e. The predicted octanol–water partition coefficient (Wildman–Crippen LogP) is 4.93. The van der Waals surface area contributed by atoms with Crippen molar-refractivity contribution in [3.63, 3.8) is 0 Å². The van der Waals surface area contributed by atoms with Crippen LogP contribution in [-0.4, -0.2) is 5.11 Å². The van der Waals surface area contributed by atoms with Gasteiger partial charge in [0.05, 0.1) is 16.6 Å². The zero-order valence-electron chi connectivity index (χ0n) is 11.9. The molecule has 0 aliphatic heterocycles. The van der Waals surface area contributed by atoms with Crippen LogP contribution in [0.25, 0.3) is 10.8 Å². The van der Waals surface area contributed by atoms with E-state index >= 15 is 0 Å². The average molecular weight is 334 g/mol. The molecule has 2 aromatic carbocycles. The average Bonchev–Trinajstić information content (AvgIpc) is 2.54. The summed E-state index contributed by atoms with van der Waals surface area (Å²) < 4.78 is 42.7. The number of nitrogens with zero attached hydrogens (tertiary/aromatic N) is 2. The fourth-order valence-corrected chi connectivity index (χ4v) is 2.12. The van der Waals surface area contributed by atoms with Crippen molar-refractivity contribution in [2.75, 3.05) is 0 Å². The van der Waals surface area contributed by atoms with Crippen LogP contribution >= 0.6 is 0 Å². The van der Waals surface area contributed by atoms with E-state index in [1.807, 2.05) is 0 Å². The predicted molar refractivity (Wildman–Crippen MR) is 79.8 cm³/mol. The summed E-state index contributed by atoms with van der Waals surface area (Å²) in [5.74, 6) is -0.561. The fraction of sp³-hybridized carbons (Fsp3) is 0.0625. The molecule has 0 spiro atoms. The van der Waals surface area contributed by atoms with Gasteiger partial charge in [0.2, 0.25) is 0 Å². The Morgan fingerprint density at radius 2 is 1.67 bits per heavy atom. The molecule has 8 heteroatoms. The highest BCUT2D eigenvalue weighted by Crippen LogP contribution is 2.33. The van der Waals surface area contributed by atoms with Crippen molar-refractivity contribution < 1.29 is 22.7 Å². The van der Waals surface area contributed by atoms with Gasteiger partial charge in [-0.1, -0.05) is 24.3 Å². The topological polar surface area (TPSA) is 75.2 Å². The van der Waals surface area contributed by atoms with Crippen LogP contribution in [0.5, 0.6) is 5.95 Å². The highest BCUT2D eigenvalue weighted by Gasteiger charge is 2.30. The van der Waals surface area contributed by atoms with E-state index in [1.165, 1.54) is 24.3 Å². The summed E-state index contributed by atoms with van der Waals surface area (Å²) in [6.07, 6.45) is -4.50. The first-order valence-corrected chi connectivity index (χ1v) is 6.70. The minimum atomic E-state index is -4.50. The quantitative estimate of drug-likeness (QED) is 0.675. The Morgan fingerprint density at radius 1 is 0.958 bits per heavy atom. The third-order valence-corrected chi connectivity index (χ3v) is 3.23. The summed E-state index contributed by atoms with van der Waals surface area (Å²) in [5.41, 5.74) is -2.09. The van der Waals surface area contributed by atoms with Crippen LogP contribution in [0.1, 0.15) is 5.56 Å². The molecular formula is C16H9F3N2O3. The van der Waals surface area contributed by atoms with Gasteiger partial charge in [-0.2, -0.15) is 18.3 Å². The fourth-order valence-electron chi connectivity index (χ4n) is 2.12. The lowest BCUT2D eigenvalue weighted by molar-refractivity contribution is -0.137. The van der Waals surface area contributed by atoms with Crippen molar-refractivity contribution in [2.24, 2.45) is 10.2 Å². The standard InChI is InChI=1S/C16H9F3N2O3/c17-16(18,19)9-4-3-5-10(8-9)20-21-13-11-6-1-2-7-12(11)14(22)24-15(13)23/h1-8,22H. The molecular weight excluding hydrogens is 325 g/mol. The second-order valence-electron chi connectivity index (χ2n) is 4.84. The van der Waals surface area contributed by atoms with E-state index in [0.29, 0.717) is 0 Å². The van der Waals surface area contributed by atoms with Gasteiger partial charge >= 0.3 is 11.8 Å². The smallest absolute Gasteiger partial charge is 0.416 e. The highest BCUT2D eigenvalue weighted by atomic mass is 19.4. The lowest BCUT2D eigenvalue weighted by atomic mass is 10.1. The molecule has 1 heterocycles. The monoisotopic (exact) mass is 334 g/mol. The number of hydrogen-bond donors (Lipinski definition) is 1. The van der Waals surface area contributed by atoms with Crippen LogP contribution in [0, 0.1) is 0 Å². The van der Waals surface area contributed by atoms with Gasteiger partial charge in [-0.25, -0.2) is 4.79 Å². The molecule has 0 atom stereocenters. The van der Waals surface area contributed by atoms with Crippen LogP contribution in [0.4, 0.5) is 24.5 Å². The number of fused-ring (bicyclic) bond motifs is 1. The summed E-state index contributed by atoms with van der Waals surface area (Å²) in [7, 11) is 0. The number of benzene rings is 2. The number of alkyl halides is 3. The number of aromatic hydroxyl groups is 1. The highest BCUT2D eigenvalue weighted by molar-refractivity contribution is 5.94. The van der Waals surface area contributed by atoms with Crippen molar-refractivity contribution in [2.45, 2.75) is 6.18 Å². The molecule has 0 amide bonds. The molecule has 3 rings (SSSR count). The number of azo groups is 1. The van der Waals surface area contributed by atoms with Crippen LogP contribution in [0.3, 0.4) is 0 Å². The van der Waals surface area contributed by atoms with Gasteiger partial charge in [0.1, 0.15) is 0 Å². The van der Waals surface area contributed by atoms with Gasteiger partial charge in [-0.3, -0.25) is 0 Å². The first-order valence-electron chi connectivity index (χ1n) is 6.70. The van der Waals surface area contributed by atoms with E-state index in [9.17, 15) is 23.1 Å². The summed E-state index contributed by atoms with van der Waals surface area (Å²) >= 11 is 0. The molecule has 0 radical (unpaired) electrons. The Kier molecular flexibility index (Phi) is 3.80. The summed E-state index contributed by atoms with van der Waals surface area (Å²) in [5, 5.41) is 17.5. The van der Waals surface area contributed by atoms with Crippen LogP contribution in [0.2, 0.25) is 0 Å². The third kappa shape index (κ3) is 2.98. The summed E-state index contributed by atoms with van der Waals surface area (Å²) in [6, 6.07) is 10.5. The van der Waals surface area contributed by atoms with Gasteiger partial charge in [-0.15, -0.1) is 5.11 Å². The molecule has 1 N–H and O–H groups in total. The Balaban J connectivity index is 2.08. The third-order valence-electron chi connectivity index (χ3n) is 3.23. The minimum absolute atomic E-state index is 0.0682. The SMILES string of the molecule is O=c1oc(O)c2ccccc2c1N=Nc1cccc(C(F)(F)F)c1. The maximum absolute atomic E-state index is 12.7. The largest absolute Gasteiger partial charge is 0.480 e. The van der Waals surface area contributed by atoms with Crippen LogP contribution < -0.4 is 5.63 Å². The van der Waals surface area contributed by atoms with Crippen molar-refractivity contribution >= 4 is 22.1 Å².